The largest absolute Gasteiger partial charge is 0.380 e. The van der Waals surface area contributed by atoms with E-state index in [1.807, 2.05) is 0 Å². The smallest absolute Gasteiger partial charge is 0.132 e. The Balaban J connectivity index is 2.26. The van der Waals surface area contributed by atoms with Gasteiger partial charge in [-0.3, -0.25) is 5.10 Å². The molecule has 3 nitrogen and oxygen atoms in total. The summed E-state index contributed by atoms with van der Waals surface area (Å²) in [5.74, 6) is -1.59. The summed E-state index contributed by atoms with van der Waals surface area (Å²) in [7, 11) is 0. The van der Waals surface area contributed by atoms with Gasteiger partial charge in [-0.05, 0) is 38.1 Å². The van der Waals surface area contributed by atoms with Crippen LogP contribution in [0.2, 0.25) is 10.0 Å². The van der Waals surface area contributed by atoms with Crippen LogP contribution >= 0.6 is 23.2 Å². The van der Waals surface area contributed by atoms with Crippen molar-refractivity contribution >= 4 is 23.2 Å². The zero-order valence-corrected chi connectivity index (χ0v) is 14.9. The summed E-state index contributed by atoms with van der Waals surface area (Å²) in [5.41, 5.74) is -0.308. The monoisotopic (exact) mass is 382 g/mol. The van der Waals surface area contributed by atoms with E-state index in [1.165, 1.54) is 13.0 Å². The van der Waals surface area contributed by atoms with E-state index in [9.17, 15) is 13.9 Å². The van der Waals surface area contributed by atoms with Crippen molar-refractivity contribution in [2.24, 2.45) is 0 Å². The summed E-state index contributed by atoms with van der Waals surface area (Å²) in [6.45, 7) is 3.10. The number of aromatic amines is 1. The molecular formula is C18H14Cl2F2N2O. The van der Waals surface area contributed by atoms with Crippen LogP contribution in [-0.4, -0.2) is 15.3 Å². The SMILES string of the molecule is Cc1[nH]nc(-c2c(Cl)cccc2Cl)c1C(C)(O)c1ccc(F)cc1F. The molecule has 130 valence electrons. The van der Waals surface area contributed by atoms with Gasteiger partial charge in [-0.2, -0.15) is 5.10 Å². The highest BCUT2D eigenvalue weighted by Crippen LogP contribution is 2.42. The number of aliphatic hydroxyl groups is 1. The number of benzene rings is 2. The van der Waals surface area contributed by atoms with Gasteiger partial charge in [0.2, 0.25) is 0 Å². The molecule has 0 spiro atoms. The van der Waals surface area contributed by atoms with Crippen molar-refractivity contribution in [3.8, 4) is 11.3 Å². The van der Waals surface area contributed by atoms with Crippen LogP contribution in [0.1, 0.15) is 23.7 Å². The van der Waals surface area contributed by atoms with Crippen LogP contribution in [0.5, 0.6) is 0 Å². The second-order valence-electron chi connectivity index (χ2n) is 5.87. The molecule has 1 heterocycles. The predicted molar refractivity (Wildman–Crippen MR) is 93.8 cm³/mol. The fraction of sp³-hybridized carbons (Fsp3) is 0.167. The number of rotatable bonds is 3. The molecule has 1 unspecified atom stereocenters. The summed E-state index contributed by atoms with van der Waals surface area (Å²) in [5, 5.41) is 18.8. The Bertz CT molecular complexity index is 934. The van der Waals surface area contributed by atoms with Crippen molar-refractivity contribution < 1.29 is 13.9 Å². The molecule has 3 rings (SSSR count). The first-order valence-electron chi connectivity index (χ1n) is 7.41. The Morgan fingerprint density at radius 1 is 1.12 bits per heavy atom. The zero-order valence-electron chi connectivity index (χ0n) is 13.4. The third-order valence-electron chi connectivity index (χ3n) is 4.09. The first kappa shape index (κ1) is 17.9. The number of hydrogen-bond donors (Lipinski definition) is 2. The van der Waals surface area contributed by atoms with Gasteiger partial charge in [0, 0.05) is 28.5 Å². The normalized spacial score (nSPS) is 13.7. The van der Waals surface area contributed by atoms with Gasteiger partial charge < -0.3 is 5.11 Å². The van der Waals surface area contributed by atoms with Crippen LogP contribution in [-0.2, 0) is 5.60 Å². The topological polar surface area (TPSA) is 48.9 Å². The number of nitrogens with zero attached hydrogens (tertiary/aromatic N) is 1. The van der Waals surface area contributed by atoms with E-state index < -0.39 is 17.2 Å². The molecule has 0 saturated carbocycles. The highest BCUT2D eigenvalue weighted by molar-refractivity contribution is 6.39. The van der Waals surface area contributed by atoms with Gasteiger partial charge >= 0.3 is 0 Å². The number of nitrogens with one attached hydrogen (secondary N) is 1. The molecule has 7 heteroatoms. The molecule has 1 aromatic heterocycles. The molecule has 25 heavy (non-hydrogen) atoms. The lowest BCUT2D eigenvalue weighted by Crippen LogP contribution is -2.26. The van der Waals surface area contributed by atoms with Crippen LogP contribution in [0.3, 0.4) is 0 Å². The van der Waals surface area contributed by atoms with E-state index >= 15 is 0 Å². The summed E-state index contributed by atoms with van der Waals surface area (Å²) in [6, 6.07) is 7.99. The van der Waals surface area contributed by atoms with Crippen molar-refractivity contribution in [3.05, 3.63) is 74.9 Å². The summed E-state index contributed by atoms with van der Waals surface area (Å²) < 4.78 is 27.5. The van der Waals surface area contributed by atoms with E-state index in [4.69, 9.17) is 23.2 Å². The third kappa shape index (κ3) is 3.03. The predicted octanol–water partition coefficient (Wildman–Crippen LogP) is 5.23. The van der Waals surface area contributed by atoms with E-state index in [0.29, 0.717) is 32.6 Å². The molecule has 0 saturated heterocycles. The molecule has 0 bridgehead atoms. The lowest BCUT2D eigenvalue weighted by Gasteiger charge is -2.26. The van der Waals surface area contributed by atoms with Gasteiger partial charge in [-0.25, -0.2) is 8.78 Å². The molecule has 1 atom stereocenters. The molecule has 0 radical (unpaired) electrons. The summed E-state index contributed by atoms with van der Waals surface area (Å²) >= 11 is 12.5. The standard InChI is InChI=1S/C18H14Cl2F2N2O/c1-9-16(18(2,25)11-7-6-10(21)8-14(11)22)17(24-23-9)15-12(19)4-3-5-13(15)20/h3-8,25H,1-2H3,(H,23,24). The highest BCUT2D eigenvalue weighted by Gasteiger charge is 2.36. The maximum Gasteiger partial charge on any atom is 0.132 e. The second kappa shape index (κ2) is 6.41. The Labute approximate surface area is 153 Å². The Morgan fingerprint density at radius 2 is 1.76 bits per heavy atom. The number of aryl methyl sites for hydroxylation is 1. The maximum atomic E-state index is 14.3. The molecule has 0 aliphatic rings. The van der Waals surface area contributed by atoms with Crippen LogP contribution in [0.25, 0.3) is 11.3 Å². The fourth-order valence-electron chi connectivity index (χ4n) is 2.95. The van der Waals surface area contributed by atoms with Gasteiger partial charge in [0.05, 0.1) is 10.0 Å². The lowest BCUT2D eigenvalue weighted by atomic mass is 9.85. The van der Waals surface area contributed by atoms with E-state index in [1.54, 1.807) is 25.1 Å². The van der Waals surface area contributed by atoms with Crippen LogP contribution in [0.4, 0.5) is 8.78 Å². The van der Waals surface area contributed by atoms with Gasteiger partial charge in [-0.1, -0.05) is 29.3 Å². The summed E-state index contributed by atoms with van der Waals surface area (Å²) in [6.07, 6.45) is 0. The van der Waals surface area contributed by atoms with E-state index in [2.05, 4.69) is 10.2 Å². The number of aromatic nitrogens is 2. The lowest BCUT2D eigenvalue weighted by molar-refractivity contribution is 0.0978. The molecule has 0 aliphatic carbocycles. The highest BCUT2D eigenvalue weighted by atomic mass is 35.5. The molecule has 2 N–H and O–H groups in total. The number of halogens is 4. The molecule has 0 amide bonds. The Morgan fingerprint density at radius 3 is 2.36 bits per heavy atom. The molecule has 0 aliphatic heterocycles. The van der Waals surface area contributed by atoms with E-state index in [0.717, 1.165) is 12.1 Å². The average Bonchev–Trinajstić information content (AvgIpc) is 2.89. The Hall–Kier alpha value is -1.95. The minimum Gasteiger partial charge on any atom is -0.380 e. The first-order chi connectivity index (χ1) is 11.7. The molecule has 2 aromatic carbocycles. The second-order valence-corrected chi connectivity index (χ2v) is 6.68. The van der Waals surface area contributed by atoms with Crippen molar-refractivity contribution in [2.45, 2.75) is 19.4 Å². The van der Waals surface area contributed by atoms with Crippen LogP contribution in [0.15, 0.2) is 36.4 Å². The average molecular weight is 383 g/mol. The number of hydrogen-bond acceptors (Lipinski definition) is 2. The zero-order chi connectivity index (χ0) is 18.4. The molecular weight excluding hydrogens is 369 g/mol. The Kier molecular flexibility index (Phi) is 4.58. The van der Waals surface area contributed by atoms with Gasteiger partial charge in [0.1, 0.15) is 22.9 Å². The minimum atomic E-state index is -1.79. The van der Waals surface area contributed by atoms with Gasteiger partial charge in [0.15, 0.2) is 0 Å². The first-order valence-corrected chi connectivity index (χ1v) is 8.16. The summed E-state index contributed by atoms with van der Waals surface area (Å²) in [4.78, 5) is 0. The van der Waals surface area contributed by atoms with Crippen molar-refractivity contribution in [2.75, 3.05) is 0 Å². The van der Waals surface area contributed by atoms with Gasteiger partial charge in [0.25, 0.3) is 0 Å². The van der Waals surface area contributed by atoms with Crippen LogP contribution < -0.4 is 0 Å². The van der Waals surface area contributed by atoms with Crippen molar-refractivity contribution in [1.82, 2.24) is 10.2 Å². The molecule has 0 fully saturated rings. The van der Waals surface area contributed by atoms with Crippen molar-refractivity contribution in [1.29, 1.82) is 0 Å². The fourth-order valence-corrected chi connectivity index (χ4v) is 3.53. The van der Waals surface area contributed by atoms with Crippen LogP contribution in [0, 0.1) is 18.6 Å². The molecule has 3 aromatic rings. The minimum absolute atomic E-state index is 0.0807. The quantitative estimate of drug-likeness (QED) is 0.651. The third-order valence-corrected chi connectivity index (χ3v) is 4.72. The van der Waals surface area contributed by atoms with Gasteiger partial charge in [-0.15, -0.1) is 0 Å². The number of H-pyrrole nitrogens is 1. The van der Waals surface area contributed by atoms with Crippen molar-refractivity contribution in [3.63, 3.8) is 0 Å². The maximum absolute atomic E-state index is 14.3. The van der Waals surface area contributed by atoms with E-state index in [-0.39, 0.29) is 5.56 Å².